The van der Waals surface area contributed by atoms with Gasteiger partial charge in [-0.25, -0.2) is 18.1 Å². The molecular weight excluding hydrogens is 458 g/mol. The maximum Gasteiger partial charge on any atom is 0.226 e. The van der Waals surface area contributed by atoms with Gasteiger partial charge >= 0.3 is 0 Å². The van der Waals surface area contributed by atoms with Crippen molar-refractivity contribution in [2.45, 2.75) is 114 Å². The van der Waals surface area contributed by atoms with Crippen LogP contribution in [0.1, 0.15) is 100 Å². The number of aromatic nitrogens is 1. The molecule has 0 saturated heterocycles. The predicted molar refractivity (Wildman–Crippen MR) is 132 cm³/mol. The van der Waals surface area contributed by atoms with Crippen LogP contribution < -0.4 is 10.0 Å². The van der Waals surface area contributed by atoms with E-state index in [0.29, 0.717) is 30.3 Å². The first-order chi connectivity index (χ1) is 15.7. The standard InChI is InChI=1S/C24H39N3O4S2/c1-15-10-11-18(13-21(15)33(30,31)27-19-8-5-9-20(28)14-19)23-16(2)25-24(32-23)26-22(29)12-17-6-3-4-7-17/h15,17-21,27-28H,3-14H2,1-2H3,(H,25,26,29). The molecule has 1 amide bonds. The van der Waals surface area contributed by atoms with Gasteiger partial charge in [0.1, 0.15) is 0 Å². The number of aliphatic hydroxyl groups excluding tert-OH is 1. The number of nitrogens with one attached hydrogen (secondary N) is 2. The van der Waals surface area contributed by atoms with Gasteiger partial charge in [-0.05, 0) is 82.5 Å². The van der Waals surface area contributed by atoms with Gasteiger partial charge in [-0.1, -0.05) is 19.8 Å². The second-order valence-corrected chi connectivity index (χ2v) is 13.5. The highest BCUT2D eigenvalue weighted by atomic mass is 32.2. The van der Waals surface area contributed by atoms with Gasteiger partial charge in [0.2, 0.25) is 15.9 Å². The molecule has 3 fully saturated rings. The molecule has 33 heavy (non-hydrogen) atoms. The largest absolute Gasteiger partial charge is 0.393 e. The van der Waals surface area contributed by atoms with Crippen molar-refractivity contribution in [2.75, 3.05) is 5.32 Å². The lowest BCUT2D eigenvalue weighted by molar-refractivity contribution is -0.117. The van der Waals surface area contributed by atoms with Gasteiger partial charge < -0.3 is 10.4 Å². The van der Waals surface area contributed by atoms with Crippen LogP contribution in [-0.2, 0) is 14.8 Å². The molecule has 0 bridgehead atoms. The number of aliphatic hydroxyl groups is 1. The van der Waals surface area contributed by atoms with Crippen molar-refractivity contribution in [1.29, 1.82) is 0 Å². The lowest BCUT2D eigenvalue weighted by Gasteiger charge is -2.35. The highest BCUT2D eigenvalue weighted by Gasteiger charge is 2.40. The maximum atomic E-state index is 13.3. The van der Waals surface area contributed by atoms with Crippen LogP contribution >= 0.6 is 11.3 Å². The average Bonchev–Trinajstić information content (AvgIpc) is 3.37. The van der Waals surface area contributed by atoms with Crippen LogP contribution in [0.2, 0.25) is 0 Å². The molecule has 3 aliphatic carbocycles. The minimum Gasteiger partial charge on any atom is -0.393 e. The Hall–Kier alpha value is -1.03. The number of nitrogens with zero attached hydrogens (tertiary/aromatic N) is 1. The Morgan fingerprint density at radius 2 is 1.85 bits per heavy atom. The zero-order valence-electron chi connectivity index (χ0n) is 19.9. The van der Waals surface area contributed by atoms with E-state index in [2.05, 4.69) is 15.0 Å². The molecule has 0 spiro atoms. The van der Waals surface area contributed by atoms with Crippen LogP contribution in [-0.4, -0.2) is 41.8 Å². The second kappa shape index (κ2) is 10.7. The number of sulfonamides is 1. The normalized spacial score (nSPS) is 31.5. The highest BCUT2D eigenvalue weighted by Crippen LogP contribution is 2.43. The molecule has 0 aromatic carbocycles. The monoisotopic (exact) mass is 497 g/mol. The Kier molecular flexibility index (Phi) is 8.14. The molecule has 3 aliphatic rings. The summed E-state index contributed by atoms with van der Waals surface area (Å²) in [7, 11) is -3.48. The van der Waals surface area contributed by atoms with E-state index in [1.54, 1.807) is 0 Å². The Balaban J connectivity index is 1.40. The van der Waals surface area contributed by atoms with Crippen LogP contribution in [0.5, 0.6) is 0 Å². The summed E-state index contributed by atoms with van der Waals surface area (Å²) in [4.78, 5) is 18.2. The molecule has 9 heteroatoms. The zero-order valence-corrected chi connectivity index (χ0v) is 21.5. The Morgan fingerprint density at radius 3 is 2.58 bits per heavy atom. The van der Waals surface area contributed by atoms with Gasteiger partial charge in [-0.2, -0.15) is 0 Å². The van der Waals surface area contributed by atoms with E-state index in [1.807, 2.05) is 13.8 Å². The molecule has 1 aromatic heterocycles. The SMILES string of the molecule is Cc1nc(NC(=O)CC2CCCC2)sc1C1CCC(C)C(S(=O)(=O)NC2CCCC(O)C2)C1. The van der Waals surface area contributed by atoms with Crippen LogP contribution in [0, 0.1) is 18.8 Å². The van der Waals surface area contributed by atoms with Crippen molar-refractivity contribution in [2.24, 2.45) is 11.8 Å². The number of anilines is 1. The summed E-state index contributed by atoms with van der Waals surface area (Å²) in [6.07, 6.45) is 10.1. The van der Waals surface area contributed by atoms with E-state index < -0.39 is 21.4 Å². The summed E-state index contributed by atoms with van der Waals surface area (Å²) in [5.74, 6) is 0.761. The van der Waals surface area contributed by atoms with Gasteiger partial charge in [0, 0.05) is 17.3 Å². The molecule has 1 heterocycles. The van der Waals surface area contributed by atoms with Gasteiger partial charge in [0.15, 0.2) is 5.13 Å². The van der Waals surface area contributed by atoms with E-state index in [-0.39, 0.29) is 23.8 Å². The smallest absolute Gasteiger partial charge is 0.226 e. The maximum absolute atomic E-state index is 13.3. The lowest BCUT2D eigenvalue weighted by Crippen LogP contribution is -2.47. The number of thiazole rings is 1. The molecule has 3 saturated carbocycles. The molecule has 186 valence electrons. The van der Waals surface area contributed by atoms with Gasteiger partial charge in [-0.15, -0.1) is 11.3 Å². The van der Waals surface area contributed by atoms with Gasteiger partial charge in [-0.3, -0.25) is 4.79 Å². The summed E-state index contributed by atoms with van der Waals surface area (Å²) in [6, 6.07) is -0.168. The minimum absolute atomic E-state index is 0.0405. The molecule has 3 N–H and O–H groups in total. The second-order valence-electron chi connectivity index (χ2n) is 10.6. The first-order valence-electron chi connectivity index (χ1n) is 12.7. The third kappa shape index (κ3) is 6.35. The summed E-state index contributed by atoms with van der Waals surface area (Å²) in [5, 5.41) is 13.1. The van der Waals surface area contributed by atoms with Crippen molar-refractivity contribution in [1.82, 2.24) is 9.71 Å². The predicted octanol–water partition coefficient (Wildman–Crippen LogP) is 4.47. The number of rotatable bonds is 7. The van der Waals surface area contributed by atoms with Crippen molar-refractivity contribution < 1.29 is 18.3 Å². The van der Waals surface area contributed by atoms with Crippen molar-refractivity contribution in [3.05, 3.63) is 10.6 Å². The summed E-state index contributed by atoms with van der Waals surface area (Å²) in [5.41, 5.74) is 0.898. The number of carbonyl (C=O) groups excluding carboxylic acids is 1. The number of hydrogen-bond donors (Lipinski definition) is 3. The third-order valence-electron chi connectivity index (χ3n) is 7.90. The van der Waals surface area contributed by atoms with Gasteiger partial charge in [0.05, 0.1) is 17.0 Å². The molecular formula is C24H39N3O4S2. The van der Waals surface area contributed by atoms with Crippen molar-refractivity contribution >= 4 is 32.4 Å². The highest BCUT2D eigenvalue weighted by molar-refractivity contribution is 7.90. The number of aryl methyl sites for hydroxylation is 1. The molecule has 0 radical (unpaired) electrons. The summed E-state index contributed by atoms with van der Waals surface area (Å²) < 4.78 is 29.5. The Bertz CT molecular complexity index is 926. The fraction of sp³-hybridized carbons (Fsp3) is 0.833. The van der Waals surface area contributed by atoms with Gasteiger partial charge in [0.25, 0.3) is 0 Å². The van der Waals surface area contributed by atoms with Crippen LogP contribution in [0.3, 0.4) is 0 Å². The van der Waals surface area contributed by atoms with E-state index in [4.69, 9.17) is 0 Å². The van der Waals surface area contributed by atoms with Crippen molar-refractivity contribution in [3.63, 3.8) is 0 Å². The van der Waals surface area contributed by atoms with Crippen molar-refractivity contribution in [3.8, 4) is 0 Å². The van der Waals surface area contributed by atoms with E-state index in [1.165, 1.54) is 24.2 Å². The first-order valence-corrected chi connectivity index (χ1v) is 15.0. The molecule has 0 aliphatic heterocycles. The zero-order chi connectivity index (χ0) is 23.6. The molecule has 1 aromatic rings. The average molecular weight is 498 g/mol. The molecule has 4 rings (SSSR count). The third-order valence-corrected chi connectivity index (χ3v) is 11.2. The van der Waals surface area contributed by atoms with Crippen LogP contribution in [0.15, 0.2) is 0 Å². The first kappa shape index (κ1) is 25.1. The fourth-order valence-electron chi connectivity index (χ4n) is 6.03. The summed E-state index contributed by atoms with van der Waals surface area (Å²) in [6.45, 7) is 3.99. The lowest BCUT2D eigenvalue weighted by atomic mass is 9.81. The summed E-state index contributed by atoms with van der Waals surface area (Å²) >= 11 is 1.51. The van der Waals surface area contributed by atoms with E-state index in [0.717, 1.165) is 55.5 Å². The topological polar surface area (TPSA) is 108 Å². The Morgan fingerprint density at radius 1 is 1.09 bits per heavy atom. The van der Waals surface area contributed by atoms with E-state index >= 15 is 0 Å². The van der Waals surface area contributed by atoms with Crippen LogP contribution in [0.4, 0.5) is 5.13 Å². The molecule has 5 atom stereocenters. The molecule has 5 unspecified atom stereocenters. The molecule has 7 nitrogen and oxygen atoms in total. The van der Waals surface area contributed by atoms with E-state index in [9.17, 15) is 18.3 Å². The number of hydrogen-bond acceptors (Lipinski definition) is 6. The fourth-order valence-corrected chi connectivity index (χ4v) is 9.25. The number of carbonyl (C=O) groups is 1. The number of amides is 1. The Labute approximate surface area is 202 Å². The quantitative estimate of drug-likeness (QED) is 0.515. The minimum atomic E-state index is -3.48. The van der Waals surface area contributed by atoms with Crippen LogP contribution in [0.25, 0.3) is 0 Å².